The van der Waals surface area contributed by atoms with Crippen LogP contribution in [-0.2, 0) is 21.7 Å². The van der Waals surface area contributed by atoms with Crippen LogP contribution in [0.2, 0.25) is 5.04 Å². The summed E-state index contributed by atoms with van der Waals surface area (Å²) in [5.74, 6) is 0. The van der Waals surface area contributed by atoms with Gasteiger partial charge in [0.15, 0.2) is 8.07 Å². The zero-order valence-electron chi connectivity index (χ0n) is 32.8. The first-order chi connectivity index (χ1) is 20.7. The molecule has 0 N–H and O–H groups in total. The smallest absolute Gasteiger partial charge is 0.0730 e. The fourth-order valence-corrected chi connectivity index (χ4v) is 14.1. The summed E-state index contributed by atoms with van der Waals surface area (Å²) >= 11 is 0. The average Bonchev–Trinajstić information content (AvgIpc) is 3.09. The molecule has 1 aliphatic rings. The van der Waals surface area contributed by atoms with Crippen molar-refractivity contribution in [1.82, 2.24) is 0 Å². The summed E-state index contributed by atoms with van der Waals surface area (Å²) in [6.45, 7) is 42.9. The van der Waals surface area contributed by atoms with Gasteiger partial charge in [0.2, 0.25) is 0 Å². The minimum atomic E-state index is -2.90. The fraction of sp³-hybridized carbons (Fsp3) is 0.511. The molecule has 1 atom stereocenters. The van der Waals surface area contributed by atoms with E-state index in [0.717, 1.165) is 0 Å². The Morgan fingerprint density at radius 3 is 1.00 bits per heavy atom. The van der Waals surface area contributed by atoms with Crippen LogP contribution in [0.5, 0.6) is 0 Å². The van der Waals surface area contributed by atoms with Gasteiger partial charge in [-0.2, -0.15) is 0 Å². The zero-order valence-corrected chi connectivity index (χ0v) is 33.8. The van der Waals surface area contributed by atoms with Crippen LogP contribution in [0.1, 0.15) is 144 Å². The van der Waals surface area contributed by atoms with E-state index in [2.05, 4.69) is 185 Å². The van der Waals surface area contributed by atoms with Gasteiger partial charge in [-0.25, -0.2) is 0 Å². The maximum Gasteiger partial charge on any atom is 0.161 e. The molecule has 0 nitrogen and oxygen atoms in total. The van der Waals surface area contributed by atoms with Gasteiger partial charge in [-0.15, -0.1) is 0 Å². The van der Waals surface area contributed by atoms with E-state index in [1.54, 1.807) is 0 Å². The highest BCUT2D eigenvalue weighted by Crippen LogP contribution is 2.53. The third-order valence-corrected chi connectivity index (χ3v) is 16.6. The summed E-state index contributed by atoms with van der Waals surface area (Å²) in [7, 11) is -2.90. The molecule has 46 heavy (non-hydrogen) atoms. The van der Waals surface area contributed by atoms with Gasteiger partial charge in [0.25, 0.3) is 0 Å². The van der Waals surface area contributed by atoms with Gasteiger partial charge in [0.1, 0.15) is 0 Å². The molecule has 0 heterocycles. The molecule has 4 rings (SSSR count). The van der Waals surface area contributed by atoms with Gasteiger partial charge < -0.3 is 0 Å². The highest BCUT2D eigenvalue weighted by Gasteiger charge is 2.57. The molecule has 1 aliphatic carbocycles. The minimum absolute atomic E-state index is 0.0195. The molecule has 0 saturated carbocycles. The lowest BCUT2D eigenvalue weighted by Gasteiger charge is -2.48. The van der Waals surface area contributed by atoms with Crippen LogP contribution in [0.15, 0.2) is 77.4 Å². The molecule has 0 aliphatic heterocycles. The first-order valence-corrected chi connectivity index (χ1v) is 19.5. The molecule has 0 fully saturated rings. The predicted molar refractivity (Wildman–Crippen MR) is 209 cm³/mol. The number of hydrogen-bond acceptors (Lipinski definition) is 0. The van der Waals surface area contributed by atoms with Crippen LogP contribution in [0.25, 0.3) is 0 Å². The highest BCUT2D eigenvalue weighted by atomic mass is 28.3. The first kappa shape index (κ1) is 36.2. The van der Waals surface area contributed by atoms with Crippen molar-refractivity contribution >= 4 is 23.6 Å². The number of allylic oxidation sites excluding steroid dienone is 4. The maximum absolute atomic E-state index is 2.90. The van der Waals surface area contributed by atoms with Gasteiger partial charge in [0.05, 0.1) is 0 Å². The SMILES string of the molecule is CC1=CC(C)([Si](c2cc(C)cc(C)c2)(c2cc(C(C)(C)C)cc(C(C)(C)C)c2)c2cc(C(C)(C)C)cc(C(C)(C)C)c2)C(C)=C1C. The third-order valence-electron chi connectivity index (χ3n) is 11.1. The summed E-state index contributed by atoms with van der Waals surface area (Å²) in [4.78, 5) is 0. The van der Waals surface area contributed by atoms with Crippen LogP contribution >= 0.6 is 0 Å². The Hall–Kier alpha value is -2.64. The van der Waals surface area contributed by atoms with Crippen LogP contribution in [0.3, 0.4) is 0 Å². The molecule has 0 bridgehead atoms. The maximum atomic E-state index is 2.67. The van der Waals surface area contributed by atoms with Crippen molar-refractivity contribution in [1.29, 1.82) is 0 Å². The number of hydrogen-bond donors (Lipinski definition) is 0. The Morgan fingerprint density at radius 2 is 0.739 bits per heavy atom. The van der Waals surface area contributed by atoms with Gasteiger partial charge in [-0.05, 0) is 99.7 Å². The molecule has 0 spiro atoms. The van der Waals surface area contributed by atoms with Crippen molar-refractivity contribution in [3.05, 3.63) is 111 Å². The second-order valence-corrected chi connectivity index (χ2v) is 23.3. The third kappa shape index (κ3) is 6.31. The van der Waals surface area contributed by atoms with Crippen molar-refractivity contribution in [2.45, 2.75) is 151 Å². The number of benzene rings is 3. The van der Waals surface area contributed by atoms with E-state index in [-0.39, 0.29) is 26.7 Å². The summed E-state index contributed by atoms with van der Waals surface area (Å²) < 4.78 is 0. The Kier molecular flexibility index (Phi) is 9.05. The standard InChI is InChI=1S/C45H64Si/c1-29-19-30(2)21-38(20-29)46(45(18)28-31(3)32(4)33(45)5,39-24-34(41(6,7)8)22-35(25-39)42(9,10)11)40-26-36(43(12,13)14)23-37(27-40)44(15,16)17/h19-28H,1-18H3. The summed E-state index contributed by atoms with van der Waals surface area (Å²) in [6.07, 6.45) is 2.67. The van der Waals surface area contributed by atoms with E-state index >= 15 is 0 Å². The van der Waals surface area contributed by atoms with Crippen LogP contribution in [-0.4, -0.2) is 8.07 Å². The van der Waals surface area contributed by atoms with Crippen molar-refractivity contribution in [2.75, 3.05) is 0 Å². The van der Waals surface area contributed by atoms with Gasteiger partial charge in [0, 0.05) is 5.04 Å². The van der Waals surface area contributed by atoms with E-state index in [0.29, 0.717) is 0 Å². The van der Waals surface area contributed by atoms with Crippen molar-refractivity contribution in [2.24, 2.45) is 0 Å². The summed E-state index contributed by atoms with van der Waals surface area (Å²) in [6, 6.07) is 23.0. The second-order valence-electron chi connectivity index (χ2n) is 19.0. The molecule has 248 valence electrons. The van der Waals surface area contributed by atoms with Crippen LogP contribution in [0, 0.1) is 13.8 Å². The Morgan fingerprint density at radius 1 is 0.435 bits per heavy atom. The molecule has 0 saturated heterocycles. The summed E-state index contributed by atoms with van der Waals surface area (Å²) in [5.41, 5.74) is 12.9. The van der Waals surface area contributed by atoms with Crippen molar-refractivity contribution in [3.63, 3.8) is 0 Å². The lowest BCUT2D eigenvalue weighted by Crippen LogP contribution is -2.73. The van der Waals surface area contributed by atoms with E-state index in [4.69, 9.17) is 0 Å². The normalized spacial score (nSPS) is 18.3. The van der Waals surface area contributed by atoms with Gasteiger partial charge >= 0.3 is 0 Å². The molecule has 3 aromatic carbocycles. The largest absolute Gasteiger partial charge is 0.161 e. The van der Waals surface area contributed by atoms with E-state index < -0.39 is 8.07 Å². The predicted octanol–water partition coefficient (Wildman–Crippen LogP) is 11.0. The first-order valence-electron chi connectivity index (χ1n) is 17.5. The molecule has 3 aromatic rings. The Labute approximate surface area is 284 Å². The van der Waals surface area contributed by atoms with Gasteiger partial charge in [-0.3, -0.25) is 0 Å². The lowest BCUT2D eigenvalue weighted by atomic mass is 9.81. The monoisotopic (exact) mass is 632 g/mol. The summed E-state index contributed by atoms with van der Waals surface area (Å²) in [5, 5.41) is 4.41. The molecular weight excluding hydrogens is 569 g/mol. The molecule has 1 heteroatoms. The number of aryl methyl sites for hydroxylation is 2. The average molecular weight is 633 g/mol. The second kappa shape index (κ2) is 11.5. The molecule has 0 amide bonds. The molecule has 0 radical (unpaired) electrons. The number of rotatable bonds is 4. The molecular formula is C45H64Si. The highest BCUT2D eigenvalue weighted by molar-refractivity contribution is 7.14. The Bertz CT molecular complexity index is 1550. The van der Waals surface area contributed by atoms with E-state index in [1.807, 2.05) is 0 Å². The molecule has 0 aromatic heterocycles. The Balaban J connectivity index is 2.45. The van der Waals surface area contributed by atoms with Crippen molar-refractivity contribution in [3.8, 4) is 0 Å². The van der Waals surface area contributed by atoms with Gasteiger partial charge in [-0.1, -0.05) is 173 Å². The minimum Gasteiger partial charge on any atom is -0.0730 e. The van der Waals surface area contributed by atoms with Crippen molar-refractivity contribution < 1.29 is 0 Å². The zero-order chi connectivity index (χ0) is 35.0. The quantitative estimate of drug-likeness (QED) is 0.198. The van der Waals surface area contributed by atoms with Crippen LogP contribution in [0.4, 0.5) is 0 Å². The lowest BCUT2D eigenvalue weighted by molar-refractivity contribution is 0.569. The van der Waals surface area contributed by atoms with E-state index in [1.165, 1.54) is 65.7 Å². The molecule has 1 unspecified atom stereocenters. The fourth-order valence-electron chi connectivity index (χ4n) is 7.74. The van der Waals surface area contributed by atoms with Crippen LogP contribution < -0.4 is 15.6 Å². The topological polar surface area (TPSA) is 0 Å². The van der Waals surface area contributed by atoms with E-state index in [9.17, 15) is 0 Å².